The van der Waals surface area contributed by atoms with Gasteiger partial charge in [-0.2, -0.15) is 0 Å². The Bertz CT molecular complexity index is 691. The number of carbonyl (C=O) groups excluding carboxylic acids is 1. The topological polar surface area (TPSA) is 57.7 Å². The van der Waals surface area contributed by atoms with E-state index in [1.165, 1.54) is 21.7 Å². The Hall–Kier alpha value is -1.40. The summed E-state index contributed by atoms with van der Waals surface area (Å²) in [5, 5.41) is 0. The Morgan fingerprint density at radius 2 is 1.68 bits per heavy atom. The number of fused-ring (bicyclic) bond motifs is 1. The molecule has 1 saturated heterocycles. The average molecular weight is 322 g/mol. The van der Waals surface area contributed by atoms with Crippen molar-refractivity contribution in [2.24, 2.45) is 5.41 Å². The second-order valence-electron chi connectivity index (χ2n) is 6.55. The molecule has 120 valence electrons. The average Bonchev–Trinajstić information content (AvgIpc) is 2.56. The summed E-state index contributed by atoms with van der Waals surface area (Å²) in [7, 11) is -1.33. The van der Waals surface area contributed by atoms with Crippen LogP contribution < -0.4 is 0 Å². The molecule has 1 aromatic rings. The quantitative estimate of drug-likeness (QED) is 0.782. The van der Waals surface area contributed by atoms with Crippen LogP contribution in [0.3, 0.4) is 0 Å². The largest absolute Gasteiger partial charge is 0.341 e. The van der Waals surface area contributed by atoms with Crippen LogP contribution in [0.2, 0.25) is 0 Å². The second kappa shape index (κ2) is 5.35. The van der Waals surface area contributed by atoms with Crippen molar-refractivity contribution in [2.45, 2.75) is 25.8 Å². The molecule has 0 aromatic heterocycles. The van der Waals surface area contributed by atoms with Crippen molar-refractivity contribution in [3.8, 4) is 0 Å². The van der Waals surface area contributed by atoms with Crippen molar-refractivity contribution in [1.29, 1.82) is 0 Å². The zero-order valence-electron chi connectivity index (χ0n) is 13.1. The van der Waals surface area contributed by atoms with Gasteiger partial charge in [0.15, 0.2) is 0 Å². The van der Waals surface area contributed by atoms with Crippen molar-refractivity contribution in [3.05, 3.63) is 35.4 Å². The maximum atomic E-state index is 12.9. The third-order valence-electron chi connectivity index (χ3n) is 5.00. The normalized spacial score (nSPS) is 22.5. The summed E-state index contributed by atoms with van der Waals surface area (Å²) in [6.45, 7) is 1.49. The molecule has 1 amide bonds. The number of benzene rings is 1. The molecule has 0 atom stereocenters. The second-order valence-corrected chi connectivity index (χ2v) is 8.53. The van der Waals surface area contributed by atoms with E-state index in [0.29, 0.717) is 38.9 Å². The molecule has 0 N–H and O–H groups in total. The number of carbonyl (C=O) groups is 1. The van der Waals surface area contributed by atoms with Gasteiger partial charge in [0.05, 0.1) is 11.7 Å². The predicted octanol–water partition coefficient (Wildman–Crippen LogP) is 1.24. The Labute approximate surface area is 132 Å². The number of rotatable bonds is 1. The van der Waals surface area contributed by atoms with Crippen molar-refractivity contribution < 1.29 is 13.2 Å². The first kappa shape index (κ1) is 15.5. The van der Waals surface area contributed by atoms with Crippen LogP contribution >= 0.6 is 0 Å². The SMILES string of the molecule is CN1Cc2ccccc2CC2(CCN(S(C)(=O)=O)CC2)C1=O. The molecular weight excluding hydrogens is 300 g/mol. The molecule has 0 bridgehead atoms. The van der Waals surface area contributed by atoms with Gasteiger partial charge in [-0.3, -0.25) is 4.79 Å². The minimum Gasteiger partial charge on any atom is -0.341 e. The highest BCUT2D eigenvalue weighted by Crippen LogP contribution is 2.40. The first-order chi connectivity index (χ1) is 10.3. The Kier molecular flexibility index (Phi) is 3.77. The number of hydrogen-bond donors (Lipinski definition) is 0. The first-order valence-corrected chi connectivity index (χ1v) is 9.44. The zero-order chi connectivity index (χ0) is 16.0. The minimum absolute atomic E-state index is 0.150. The van der Waals surface area contributed by atoms with Crippen LogP contribution in [0.5, 0.6) is 0 Å². The van der Waals surface area contributed by atoms with Crippen LogP contribution in [0.4, 0.5) is 0 Å². The van der Waals surface area contributed by atoms with Crippen LogP contribution in [-0.2, 0) is 27.8 Å². The highest BCUT2D eigenvalue weighted by atomic mass is 32.2. The molecule has 22 heavy (non-hydrogen) atoms. The smallest absolute Gasteiger partial charge is 0.229 e. The summed E-state index contributed by atoms with van der Waals surface area (Å²) in [5.41, 5.74) is 1.96. The molecular formula is C16H22N2O3S. The van der Waals surface area contributed by atoms with Crippen molar-refractivity contribution in [2.75, 3.05) is 26.4 Å². The van der Waals surface area contributed by atoms with Gasteiger partial charge in [-0.1, -0.05) is 24.3 Å². The van der Waals surface area contributed by atoms with Gasteiger partial charge in [0, 0.05) is 26.7 Å². The molecule has 2 aliphatic heterocycles. The number of sulfonamides is 1. The Balaban J connectivity index is 1.91. The summed E-state index contributed by atoms with van der Waals surface area (Å²) in [4.78, 5) is 14.7. The predicted molar refractivity (Wildman–Crippen MR) is 84.7 cm³/mol. The monoisotopic (exact) mass is 322 g/mol. The van der Waals surface area contributed by atoms with Crippen molar-refractivity contribution in [1.82, 2.24) is 9.21 Å². The van der Waals surface area contributed by atoms with Gasteiger partial charge in [0.25, 0.3) is 0 Å². The highest BCUT2D eigenvalue weighted by Gasteiger charge is 2.45. The Morgan fingerprint density at radius 1 is 1.09 bits per heavy atom. The molecule has 2 aliphatic rings. The van der Waals surface area contributed by atoms with Crippen molar-refractivity contribution in [3.63, 3.8) is 0 Å². The van der Waals surface area contributed by atoms with Gasteiger partial charge in [-0.05, 0) is 30.4 Å². The maximum absolute atomic E-state index is 12.9. The Morgan fingerprint density at radius 3 is 2.27 bits per heavy atom. The molecule has 6 heteroatoms. The molecule has 5 nitrogen and oxygen atoms in total. The van der Waals surface area contributed by atoms with Crippen LogP contribution in [-0.4, -0.2) is 49.9 Å². The van der Waals surface area contributed by atoms with E-state index in [2.05, 4.69) is 12.1 Å². The molecule has 1 fully saturated rings. The third-order valence-corrected chi connectivity index (χ3v) is 6.31. The maximum Gasteiger partial charge on any atom is 0.229 e. The summed E-state index contributed by atoms with van der Waals surface area (Å²) in [6, 6.07) is 8.17. The number of nitrogens with zero attached hydrogens (tertiary/aromatic N) is 2. The summed E-state index contributed by atoms with van der Waals surface area (Å²) in [6.07, 6.45) is 3.14. The summed E-state index contributed by atoms with van der Waals surface area (Å²) < 4.78 is 24.9. The van der Waals surface area contributed by atoms with E-state index in [0.717, 1.165) is 0 Å². The molecule has 0 aliphatic carbocycles. The summed E-state index contributed by atoms with van der Waals surface area (Å²) >= 11 is 0. The van der Waals surface area contributed by atoms with E-state index in [-0.39, 0.29) is 5.91 Å². The molecule has 1 aromatic carbocycles. The zero-order valence-corrected chi connectivity index (χ0v) is 13.9. The number of hydrogen-bond acceptors (Lipinski definition) is 3. The summed E-state index contributed by atoms with van der Waals surface area (Å²) in [5.74, 6) is 0.150. The molecule has 1 spiro atoms. The van der Waals surface area contributed by atoms with E-state index in [9.17, 15) is 13.2 Å². The molecule has 0 saturated carbocycles. The third kappa shape index (κ3) is 2.65. The standard InChI is InChI=1S/C16H22N2O3S/c1-17-12-14-6-4-3-5-13(14)11-16(15(17)19)7-9-18(10-8-16)22(2,20)21/h3-6H,7-12H2,1-2H3. The van der Waals surface area contributed by atoms with Gasteiger partial charge >= 0.3 is 0 Å². The van der Waals surface area contributed by atoms with Gasteiger partial charge in [0.2, 0.25) is 15.9 Å². The highest BCUT2D eigenvalue weighted by molar-refractivity contribution is 7.88. The number of amides is 1. The lowest BCUT2D eigenvalue weighted by molar-refractivity contribution is -0.143. The van der Waals surface area contributed by atoms with E-state index in [1.807, 2.05) is 19.2 Å². The van der Waals surface area contributed by atoms with E-state index in [1.54, 1.807) is 4.90 Å². The van der Waals surface area contributed by atoms with Gasteiger partial charge in [0.1, 0.15) is 0 Å². The fourth-order valence-corrected chi connectivity index (χ4v) is 4.54. The molecule has 3 rings (SSSR count). The van der Waals surface area contributed by atoms with E-state index >= 15 is 0 Å². The molecule has 2 heterocycles. The van der Waals surface area contributed by atoms with Crippen LogP contribution in [0.15, 0.2) is 24.3 Å². The minimum atomic E-state index is -3.17. The van der Waals surface area contributed by atoms with Crippen LogP contribution in [0.1, 0.15) is 24.0 Å². The fourth-order valence-electron chi connectivity index (χ4n) is 3.69. The van der Waals surface area contributed by atoms with Crippen LogP contribution in [0, 0.1) is 5.41 Å². The lowest BCUT2D eigenvalue weighted by atomic mass is 9.73. The van der Waals surface area contributed by atoms with Gasteiger partial charge in [-0.25, -0.2) is 12.7 Å². The molecule has 0 unspecified atom stereocenters. The fraction of sp³-hybridized carbons (Fsp3) is 0.562. The van der Waals surface area contributed by atoms with E-state index < -0.39 is 15.4 Å². The lowest BCUT2D eigenvalue weighted by Gasteiger charge is -2.40. The molecule has 0 radical (unpaired) electrons. The number of piperidine rings is 1. The van der Waals surface area contributed by atoms with Crippen molar-refractivity contribution >= 4 is 15.9 Å². The first-order valence-electron chi connectivity index (χ1n) is 7.59. The van der Waals surface area contributed by atoms with Gasteiger partial charge < -0.3 is 4.90 Å². The van der Waals surface area contributed by atoms with Gasteiger partial charge in [-0.15, -0.1) is 0 Å². The lowest BCUT2D eigenvalue weighted by Crippen LogP contribution is -2.50. The van der Waals surface area contributed by atoms with Crippen LogP contribution in [0.25, 0.3) is 0 Å². The van der Waals surface area contributed by atoms with E-state index in [4.69, 9.17) is 0 Å².